The van der Waals surface area contributed by atoms with Gasteiger partial charge in [0, 0.05) is 6.54 Å². The number of methoxy groups -OCH3 is 1. The van der Waals surface area contributed by atoms with Crippen LogP contribution in [0.25, 0.3) is 0 Å². The minimum Gasteiger partial charge on any atom is -0.497 e. The highest BCUT2D eigenvalue weighted by atomic mass is 32.2. The number of nitriles is 1. The molecule has 1 amide bonds. The van der Waals surface area contributed by atoms with Crippen molar-refractivity contribution in [2.75, 3.05) is 24.2 Å². The molecule has 1 N–H and O–H groups in total. The van der Waals surface area contributed by atoms with E-state index in [9.17, 15) is 13.2 Å². The number of nitrogens with one attached hydrogen (secondary N) is 1. The third kappa shape index (κ3) is 5.22. The van der Waals surface area contributed by atoms with Crippen LogP contribution in [-0.2, 0) is 21.4 Å². The van der Waals surface area contributed by atoms with Gasteiger partial charge in [-0.15, -0.1) is 0 Å². The van der Waals surface area contributed by atoms with Crippen LogP contribution in [0, 0.1) is 11.3 Å². The fourth-order valence-electron chi connectivity index (χ4n) is 2.26. The van der Waals surface area contributed by atoms with E-state index in [2.05, 4.69) is 5.32 Å². The lowest BCUT2D eigenvalue weighted by atomic mass is 10.2. The second-order valence-corrected chi connectivity index (χ2v) is 7.46. The van der Waals surface area contributed by atoms with E-state index in [4.69, 9.17) is 10.00 Å². The van der Waals surface area contributed by atoms with Crippen LogP contribution in [0.15, 0.2) is 48.5 Å². The maximum atomic E-state index is 12.2. The molecular formula is C18H19N3O4S. The lowest BCUT2D eigenvalue weighted by Gasteiger charge is -2.22. The number of anilines is 1. The van der Waals surface area contributed by atoms with E-state index in [1.54, 1.807) is 37.4 Å². The summed E-state index contributed by atoms with van der Waals surface area (Å²) in [6, 6.07) is 15.2. The van der Waals surface area contributed by atoms with Crippen molar-refractivity contribution in [3.8, 4) is 11.8 Å². The Labute approximate surface area is 152 Å². The number of hydrogen-bond donors (Lipinski definition) is 1. The molecule has 136 valence electrons. The third-order valence-electron chi connectivity index (χ3n) is 3.60. The maximum absolute atomic E-state index is 12.2. The molecule has 0 radical (unpaired) electrons. The van der Waals surface area contributed by atoms with E-state index < -0.39 is 15.9 Å². The molecule has 0 saturated heterocycles. The van der Waals surface area contributed by atoms with Gasteiger partial charge in [0.25, 0.3) is 0 Å². The largest absolute Gasteiger partial charge is 0.497 e. The summed E-state index contributed by atoms with van der Waals surface area (Å²) in [6.07, 6.45) is 1.02. The molecule has 0 heterocycles. The minimum atomic E-state index is -3.68. The van der Waals surface area contributed by atoms with Crippen molar-refractivity contribution in [2.24, 2.45) is 0 Å². The Kier molecular flexibility index (Phi) is 6.20. The number of ether oxygens (including phenoxy) is 1. The van der Waals surface area contributed by atoms with Gasteiger partial charge in [0.15, 0.2) is 0 Å². The number of sulfonamides is 1. The number of benzene rings is 2. The van der Waals surface area contributed by atoms with Gasteiger partial charge < -0.3 is 10.1 Å². The second-order valence-electron chi connectivity index (χ2n) is 5.56. The Morgan fingerprint density at radius 2 is 1.92 bits per heavy atom. The fourth-order valence-corrected chi connectivity index (χ4v) is 3.11. The van der Waals surface area contributed by atoms with Crippen molar-refractivity contribution in [1.29, 1.82) is 5.26 Å². The van der Waals surface area contributed by atoms with Crippen LogP contribution in [0.5, 0.6) is 5.75 Å². The first-order valence-electron chi connectivity index (χ1n) is 7.71. The number of rotatable bonds is 7. The number of hydrogen-bond acceptors (Lipinski definition) is 5. The molecule has 2 aromatic carbocycles. The molecule has 0 fully saturated rings. The summed E-state index contributed by atoms with van der Waals surface area (Å²) in [5.41, 5.74) is 1.44. The summed E-state index contributed by atoms with van der Waals surface area (Å²) in [5, 5.41) is 11.7. The molecule has 2 rings (SSSR count). The zero-order chi connectivity index (χ0) is 19.2. The summed E-state index contributed by atoms with van der Waals surface area (Å²) >= 11 is 0. The van der Waals surface area contributed by atoms with E-state index in [-0.39, 0.29) is 18.8 Å². The summed E-state index contributed by atoms with van der Waals surface area (Å²) in [7, 11) is -2.12. The normalized spacial score (nSPS) is 10.7. The molecule has 7 nitrogen and oxygen atoms in total. The fraction of sp³-hybridized carbons (Fsp3) is 0.222. The number of nitrogens with zero attached hydrogens (tertiary/aromatic N) is 2. The van der Waals surface area contributed by atoms with Crippen LogP contribution in [0.2, 0.25) is 0 Å². The van der Waals surface area contributed by atoms with E-state index in [1.807, 2.05) is 18.2 Å². The minimum absolute atomic E-state index is 0.263. The standard InChI is InChI=1S/C18H19N3O4S/c1-25-17-8-6-14(7-9-17)12-20-18(22)13-21(26(2,23)24)16-5-3-4-15(10-16)11-19/h3-10H,12-13H2,1-2H3,(H,20,22). The monoisotopic (exact) mass is 373 g/mol. The Bertz CT molecular complexity index is 918. The van der Waals surface area contributed by atoms with Crippen molar-refractivity contribution < 1.29 is 17.9 Å². The zero-order valence-electron chi connectivity index (χ0n) is 14.5. The molecule has 2 aromatic rings. The summed E-state index contributed by atoms with van der Waals surface area (Å²) in [5.74, 6) is 0.259. The van der Waals surface area contributed by atoms with Crippen LogP contribution in [0.4, 0.5) is 5.69 Å². The van der Waals surface area contributed by atoms with E-state index in [0.717, 1.165) is 16.1 Å². The Hall–Kier alpha value is -3.05. The molecule has 26 heavy (non-hydrogen) atoms. The molecule has 0 spiro atoms. The smallest absolute Gasteiger partial charge is 0.241 e. The molecular weight excluding hydrogens is 354 g/mol. The van der Waals surface area contributed by atoms with Gasteiger partial charge >= 0.3 is 0 Å². The Morgan fingerprint density at radius 3 is 2.50 bits per heavy atom. The van der Waals surface area contributed by atoms with Crippen molar-refractivity contribution in [3.05, 3.63) is 59.7 Å². The van der Waals surface area contributed by atoms with Crippen molar-refractivity contribution >= 4 is 21.6 Å². The summed E-state index contributed by atoms with van der Waals surface area (Å²) in [4.78, 5) is 12.2. The average molecular weight is 373 g/mol. The lowest BCUT2D eigenvalue weighted by Crippen LogP contribution is -2.40. The van der Waals surface area contributed by atoms with Gasteiger partial charge in [-0.05, 0) is 35.9 Å². The highest BCUT2D eigenvalue weighted by molar-refractivity contribution is 7.92. The van der Waals surface area contributed by atoms with Crippen molar-refractivity contribution in [1.82, 2.24) is 5.32 Å². The SMILES string of the molecule is COc1ccc(CNC(=O)CN(c2cccc(C#N)c2)S(C)(=O)=O)cc1. The molecule has 0 unspecified atom stereocenters. The number of carbonyl (C=O) groups excluding carboxylic acids is 1. The van der Waals surface area contributed by atoms with Crippen molar-refractivity contribution in [3.63, 3.8) is 0 Å². The average Bonchev–Trinajstić information content (AvgIpc) is 2.64. The van der Waals surface area contributed by atoms with E-state index >= 15 is 0 Å². The molecule has 0 aromatic heterocycles. The topological polar surface area (TPSA) is 99.5 Å². The van der Waals surface area contributed by atoms with Gasteiger partial charge in [-0.1, -0.05) is 18.2 Å². The van der Waals surface area contributed by atoms with E-state index in [1.165, 1.54) is 6.07 Å². The first-order chi connectivity index (χ1) is 12.3. The predicted molar refractivity (Wildman–Crippen MR) is 98.2 cm³/mol. The third-order valence-corrected chi connectivity index (χ3v) is 4.74. The first kappa shape index (κ1) is 19.3. The highest BCUT2D eigenvalue weighted by Gasteiger charge is 2.21. The molecule has 0 saturated carbocycles. The number of amides is 1. The van der Waals surface area contributed by atoms with Gasteiger partial charge in [0.2, 0.25) is 15.9 Å². The quantitative estimate of drug-likeness (QED) is 0.795. The van der Waals surface area contributed by atoms with Crippen LogP contribution in [0.1, 0.15) is 11.1 Å². The second kappa shape index (κ2) is 8.36. The van der Waals surface area contributed by atoms with Gasteiger partial charge in [-0.25, -0.2) is 8.42 Å². The van der Waals surface area contributed by atoms with Gasteiger partial charge in [-0.2, -0.15) is 5.26 Å². The van der Waals surface area contributed by atoms with Crippen molar-refractivity contribution in [2.45, 2.75) is 6.54 Å². The summed E-state index contributed by atoms with van der Waals surface area (Å²) in [6.45, 7) is -0.109. The Morgan fingerprint density at radius 1 is 1.23 bits per heavy atom. The van der Waals surface area contributed by atoms with Crippen LogP contribution < -0.4 is 14.4 Å². The lowest BCUT2D eigenvalue weighted by molar-refractivity contribution is -0.119. The zero-order valence-corrected chi connectivity index (χ0v) is 15.3. The van der Waals surface area contributed by atoms with Gasteiger partial charge in [0.05, 0.1) is 30.7 Å². The van der Waals surface area contributed by atoms with E-state index in [0.29, 0.717) is 11.3 Å². The molecule has 0 aliphatic rings. The maximum Gasteiger partial charge on any atom is 0.241 e. The van der Waals surface area contributed by atoms with Crippen LogP contribution >= 0.6 is 0 Å². The molecule has 8 heteroatoms. The first-order valence-corrected chi connectivity index (χ1v) is 9.56. The van der Waals surface area contributed by atoms with Crippen LogP contribution in [0.3, 0.4) is 0 Å². The van der Waals surface area contributed by atoms with Crippen LogP contribution in [-0.4, -0.2) is 34.2 Å². The molecule has 0 atom stereocenters. The predicted octanol–water partition coefficient (Wildman–Crippen LogP) is 1.65. The number of carbonyl (C=O) groups is 1. The van der Waals surface area contributed by atoms with Gasteiger partial charge in [-0.3, -0.25) is 9.10 Å². The molecule has 0 aliphatic carbocycles. The summed E-state index contributed by atoms with van der Waals surface area (Å²) < 4.78 is 30.2. The van der Waals surface area contributed by atoms with Gasteiger partial charge in [0.1, 0.15) is 12.3 Å². The Balaban J connectivity index is 2.08. The highest BCUT2D eigenvalue weighted by Crippen LogP contribution is 2.18. The molecule has 0 bridgehead atoms. The molecule has 0 aliphatic heterocycles.